The van der Waals surface area contributed by atoms with Crippen molar-refractivity contribution in [2.45, 2.75) is 6.92 Å². The highest BCUT2D eigenvalue weighted by atomic mass is 79.9. The van der Waals surface area contributed by atoms with Crippen LogP contribution in [0.4, 0.5) is 0 Å². The largest absolute Gasteiger partial charge is 0.488 e. The van der Waals surface area contributed by atoms with Crippen LogP contribution in [0.1, 0.15) is 12.5 Å². The van der Waals surface area contributed by atoms with Gasteiger partial charge in [-0.2, -0.15) is 0 Å². The van der Waals surface area contributed by atoms with Gasteiger partial charge in [0, 0.05) is 10.0 Å². The van der Waals surface area contributed by atoms with Crippen LogP contribution in [0.5, 0.6) is 5.75 Å². The van der Waals surface area contributed by atoms with E-state index in [1.165, 1.54) is 5.57 Å². The zero-order valence-electron chi connectivity index (χ0n) is 8.01. The van der Waals surface area contributed by atoms with Crippen molar-refractivity contribution in [1.29, 1.82) is 0 Å². The lowest BCUT2D eigenvalue weighted by molar-refractivity contribution is 0.349. The van der Waals surface area contributed by atoms with Crippen LogP contribution in [0.25, 0.3) is 6.08 Å². The van der Waals surface area contributed by atoms with Crippen molar-refractivity contribution in [1.82, 2.24) is 0 Å². The van der Waals surface area contributed by atoms with E-state index in [2.05, 4.69) is 28.6 Å². The van der Waals surface area contributed by atoms with Crippen molar-refractivity contribution in [2.24, 2.45) is 0 Å². The molecule has 0 bridgehead atoms. The minimum Gasteiger partial charge on any atom is -0.488 e. The second kappa shape index (κ2) is 3.62. The second-order valence-corrected chi connectivity index (χ2v) is 4.34. The molecule has 1 heterocycles. The minimum absolute atomic E-state index is 0.624. The van der Waals surface area contributed by atoms with Gasteiger partial charge in [0.25, 0.3) is 0 Å². The lowest BCUT2D eigenvalue weighted by Crippen LogP contribution is -2.07. The average Bonchev–Trinajstić information content (AvgIpc) is 2.16. The van der Waals surface area contributed by atoms with Crippen LogP contribution in [-0.4, -0.2) is 6.61 Å². The molecule has 0 radical (unpaired) electrons. The molecular formula is C12H11BrO. The number of rotatable bonds is 1. The van der Waals surface area contributed by atoms with Crippen molar-refractivity contribution in [2.75, 3.05) is 6.61 Å². The standard InChI is InChI=1S/C12H11BrO/c1-8(2)10-5-9-3-4-11(13)6-12(9)14-7-10/h3-6H,1,7H2,2H3. The van der Waals surface area contributed by atoms with Crippen LogP contribution >= 0.6 is 15.9 Å². The summed E-state index contributed by atoms with van der Waals surface area (Å²) in [5.74, 6) is 0.935. The summed E-state index contributed by atoms with van der Waals surface area (Å²) in [5, 5.41) is 0. The highest BCUT2D eigenvalue weighted by Crippen LogP contribution is 2.30. The Kier molecular flexibility index (Phi) is 2.46. The Morgan fingerprint density at radius 3 is 3.00 bits per heavy atom. The van der Waals surface area contributed by atoms with E-state index in [-0.39, 0.29) is 0 Å². The van der Waals surface area contributed by atoms with Crippen molar-refractivity contribution in [3.8, 4) is 5.75 Å². The zero-order valence-corrected chi connectivity index (χ0v) is 9.60. The molecule has 1 aromatic rings. The summed E-state index contributed by atoms with van der Waals surface area (Å²) in [6.45, 7) is 6.53. The Labute approximate surface area is 92.2 Å². The van der Waals surface area contributed by atoms with E-state index < -0.39 is 0 Å². The van der Waals surface area contributed by atoms with Crippen LogP contribution in [0.3, 0.4) is 0 Å². The molecule has 1 aromatic carbocycles. The van der Waals surface area contributed by atoms with Crippen molar-refractivity contribution in [3.63, 3.8) is 0 Å². The van der Waals surface area contributed by atoms with Crippen LogP contribution in [0.15, 0.2) is 40.4 Å². The van der Waals surface area contributed by atoms with Gasteiger partial charge in [0.1, 0.15) is 12.4 Å². The van der Waals surface area contributed by atoms with E-state index >= 15 is 0 Å². The molecule has 0 aromatic heterocycles. The molecule has 2 heteroatoms. The third-order valence-corrected chi connectivity index (χ3v) is 2.73. The summed E-state index contributed by atoms with van der Waals surface area (Å²) in [5.41, 5.74) is 3.36. The van der Waals surface area contributed by atoms with Crippen LogP contribution < -0.4 is 4.74 Å². The molecule has 0 saturated heterocycles. The fourth-order valence-electron chi connectivity index (χ4n) is 1.38. The predicted octanol–water partition coefficient (Wildman–Crippen LogP) is 3.80. The first kappa shape index (κ1) is 9.53. The van der Waals surface area contributed by atoms with Gasteiger partial charge >= 0.3 is 0 Å². The molecule has 0 atom stereocenters. The summed E-state index contributed by atoms with van der Waals surface area (Å²) in [6, 6.07) is 6.04. The second-order valence-electron chi connectivity index (χ2n) is 3.42. The molecule has 0 saturated carbocycles. The Morgan fingerprint density at radius 2 is 2.29 bits per heavy atom. The SMILES string of the molecule is C=C(C)C1=Cc2ccc(Br)cc2OC1. The maximum Gasteiger partial charge on any atom is 0.128 e. The fourth-order valence-corrected chi connectivity index (χ4v) is 1.72. The topological polar surface area (TPSA) is 9.23 Å². The third-order valence-electron chi connectivity index (χ3n) is 2.24. The first-order valence-corrected chi connectivity index (χ1v) is 5.25. The molecule has 1 nitrogen and oxygen atoms in total. The molecule has 0 amide bonds. The van der Waals surface area contributed by atoms with Crippen LogP contribution in [-0.2, 0) is 0 Å². The number of halogens is 1. The molecule has 0 fully saturated rings. The van der Waals surface area contributed by atoms with Gasteiger partial charge in [0.05, 0.1) is 0 Å². The Bertz CT molecular complexity index is 418. The number of ether oxygens (including phenoxy) is 1. The van der Waals surface area contributed by atoms with Gasteiger partial charge in [-0.3, -0.25) is 0 Å². The zero-order chi connectivity index (χ0) is 10.1. The average molecular weight is 251 g/mol. The number of benzene rings is 1. The molecule has 14 heavy (non-hydrogen) atoms. The monoisotopic (exact) mass is 250 g/mol. The molecule has 72 valence electrons. The Hall–Kier alpha value is -1.02. The van der Waals surface area contributed by atoms with E-state index in [0.717, 1.165) is 21.4 Å². The van der Waals surface area contributed by atoms with E-state index in [1.807, 2.05) is 25.1 Å². The first-order chi connectivity index (χ1) is 6.66. The van der Waals surface area contributed by atoms with Crippen molar-refractivity contribution in [3.05, 3.63) is 46.0 Å². The molecule has 0 unspecified atom stereocenters. The molecule has 1 aliphatic heterocycles. The molecule has 0 N–H and O–H groups in total. The van der Waals surface area contributed by atoms with Gasteiger partial charge in [-0.1, -0.05) is 34.1 Å². The maximum absolute atomic E-state index is 5.62. The molecule has 0 aliphatic carbocycles. The molecular weight excluding hydrogens is 240 g/mol. The fraction of sp³-hybridized carbons (Fsp3) is 0.167. The van der Waals surface area contributed by atoms with Gasteiger partial charge in [0.15, 0.2) is 0 Å². The highest BCUT2D eigenvalue weighted by molar-refractivity contribution is 9.10. The maximum atomic E-state index is 5.62. The van der Waals surface area contributed by atoms with Gasteiger partial charge in [0.2, 0.25) is 0 Å². The van der Waals surface area contributed by atoms with Crippen LogP contribution in [0, 0.1) is 0 Å². The first-order valence-electron chi connectivity index (χ1n) is 4.45. The van der Waals surface area contributed by atoms with Crippen LogP contribution in [0.2, 0.25) is 0 Å². The van der Waals surface area contributed by atoms with Gasteiger partial charge in [-0.15, -0.1) is 0 Å². The Balaban J connectivity index is 2.45. The smallest absolute Gasteiger partial charge is 0.128 e. The van der Waals surface area contributed by atoms with Gasteiger partial charge in [-0.05, 0) is 30.7 Å². The summed E-state index contributed by atoms with van der Waals surface area (Å²) in [7, 11) is 0. The summed E-state index contributed by atoms with van der Waals surface area (Å²) < 4.78 is 6.66. The van der Waals surface area contributed by atoms with Gasteiger partial charge < -0.3 is 4.74 Å². The number of hydrogen-bond acceptors (Lipinski definition) is 1. The van der Waals surface area contributed by atoms with E-state index in [9.17, 15) is 0 Å². The lowest BCUT2D eigenvalue weighted by atomic mass is 10.0. The predicted molar refractivity (Wildman–Crippen MR) is 62.4 cm³/mol. The van der Waals surface area contributed by atoms with Crippen molar-refractivity contribution >= 4 is 22.0 Å². The molecule has 2 rings (SSSR count). The summed E-state index contributed by atoms with van der Waals surface area (Å²) in [4.78, 5) is 0. The van der Waals surface area contributed by atoms with E-state index in [4.69, 9.17) is 4.74 Å². The Morgan fingerprint density at radius 1 is 1.50 bits per heavy atom. The molecule has 1 aliphatic rings. The summed E-state index contributed by atoms with van der Waals surface area (Å²) >= 11 is 3.42. The van der Waals surface area contributed by atoms with Crippen molar-refractivity contribution < 1.29 is 4.74 Å². The molecule has 0 spiro atoms. The number of fused-ring (bicyclic) bond motifs is 1. The quantitative estimate of drug-likeness (QED) is 0.737. The normalized spacial score (nSPS) is 14.0. The lowest BCUT2D eigenvalue weighted by Gasteiger charge is -2.18. The van der Waals surface area contributed by atoms with Gasteiger partial charge in [-0.25, -0.2) is 0 Å². The van der Waals surface area contributed by atoms with E-state index in [1.54, 1.807) is 0 Å². The van der Waals surface area contributed by atoms with E-state index in [0.29, 0.717) is 6.61 Å². The third kappa shape index (κ3) is 1.75. The highest BCUT2D eigenvalue weighted by Gasteiger charge is 2.11. The number of hydrogen-bond donors (Lipinski definition) is 0. The minimum atomic E-state index is 0.624. The summed E-state index contributed by atoms with van der Waals surface area (Å²) in [6.07, 6.45) is 2.13.